The smallest absolute Gasteiger partial charge is 0.410 e. The maximum Gasteiger partial charge on any atom is 0.410 e. The second kappa shape index (κ2) is 13.2. The zero-order valence-corrected chi connectivity index (χ0v) is 30.3. The molecule has 0 spiro atoms. The lowest BCUT2D eigenvalue weighted by molar-refractivity contribution is -0.121. The molecule has 3 aromatic rings. The van der Waals surface area contributed by atoms with Crippen molar-refractivity contribution in [3.05, 3.63) is 53.5 Å². The number of aliphatic hydroxyl groups is 1. The number of fused-ring (bicyclic) bond motifs is 3. The lowest BCUT2D eigenvalue weighted by Crippen LogP contribution is -2.54. The van der Waals surface area contributed by atoms with E-state index in [0.29, 0.717) is 44.7 Å². The predicted octanol–water partition coefficient (Wildman–Crippen LogP) is 6.70. The second-order valence-corrected chi connectivity index (χ2v) is 16.6. The maximum absolute atomic E-state index is 13.5. The molecular weight excluding hydrogens is 644 g/mol. The molecule has 2 N–H and O–H groups in total. The summed E-state index contributed by atoms with van der Waals surface area (Å²) in [5.41, 5.74) is 6.11. The van der Waals surface area contributed by atoms with Crippen LogP contribution in [-0.2, 0) is 26.9 Å². The van der Waals surface area contributed by atoms with Gasteiger partial charge in [-0.2, -0.15) is 5.10 Å². The molecule has 0 unspecified atom stereocenters. The van der Waals surface area contributed by atoms with E-state index >= 15 is 0 Å². The number of β-amino-alcohol motifs (C(OH)–C–C–N with tert-alkyl or cyclic N) is 1. The summed E-state index contributed by atoms with van der Waals surface area (Å²) in [6.07, 6.45) is 18.9. The van der Waals surface area contributed by atoms with Gasteiger partial charge in [0.1, 0.15) is 11.9 Å². The molecule has 1 aromatic carbocycles. The molecule has 1 saturated heterocycles. The first-order valence-corrected chi connectivity index (χ1v) is 19.1. The highest BCUT2D eigenvalue weighted by atomic mass is 16.6. The molecule has 5 aliphatic carbocycles. The summed E-state index contributed by atoms with van der Waals surface area (Å²) in [4.78, 5) is 37.1. The Hall–Kier alpha value is -3.99. The largest absolute Gasteiger partial charge is 0.496 e. The van der Waals surface area contributed by atoms with Crippen LogP contribution in [0.3, 0.4) is 0 Å². The number of carbonyl (C=O) groups excluding carboxylic acids is 2. The molecule has 6 aliphatic rings. The lowest BCUT2D eigenvalue weighted by atomic mass is 9.50. The number of anilines is 1. The van der Waals surface area contributed by atoms with Crippen LogP contribution in [-0.4, -0.2) is 74.2 Å². The minimum atomic E-state index is -0.458. The average molecular weight is 697 g/mol. The quantitative estimate of drug-likeness (QED) is 0.253. The molecule has 2 amide bonds. The van der Waals surface area contributed by atoms with Crippen molar-refractivity contribution in [2.45, 2.75) is 127 Å². The van der Waals surface area contributed by atoms with Crippen LogP contribution in [0.2, 0.25) is 0 Å². The number of ether oxygens (including phenoxy) is 2. The van der Waals surface area contributed by atoms with E-state index in [0.717, 1.165) is 41.8 Å². The van der Waals surface area contributed by atoms with Gasteiger partial charge in [-0.25, -0.2) is 14.8 Å². The Balaban J connectivity index is 0.968. The van der Waals surface area contributed by atoms with E-state index in [-0.39, 0.29) is 40.4 Å². The van der Waals surface area contributed by atoms with Crippen LogP contribution in [0, 0.1) is 18.3 Å². The normalized spacial score (nSPS) is 28.4. The Morgan fingerprint density at radius 1 is 1.00 bits per heavy atom. The van der Waals surface area contributed by atoms with Gasteiger partial charge in [-0.15, -0.1) is 0 Å². The van der Waals surface area contributed by atoms with Crippen LogP contribution < -0.4 is 10.1 Å². The third-order valence-corrected chi connectivity index (χ3v) is 13.3. The first-order valence-electron chi connectivity index (χ1n) is 19.1. The van der Waals surface area contributed by atoms with Gasteiger partial charge in [0.15, 0.2) is 0 Å². The minimum absolute atomic E-state index is 0.0424. The number of nitrogens with zero attached hydrogens (tertiary/aromatic N) is 5. The summed E-state index contributed by atoms with van der Waals surface area (Å²) < 4.78 is 13.3. The summed E-state index contributed by atoms with van der Waals surface area (Å²) in [5.74, 6) is 0.987. The highest BCUT2D eigenvalue weighted by molar-refractivity contribution is 5.91. The van der Waals surface area contributed by atoms with Gasteiger partial charge >= 0.3 is 6.09 Å². The fraction of sp³-hybridized carbons (Fsp3) is 0.625. The Labute approximate surface area is 300 Å². The van der Waals surface area contributed by atoms with Gasteiger partial charge in [-0.05, 0) is 137 Å². The molecule has 3 heterocycles. The number of aliphatic hydroxyl groups excluding tert-OH is 1. The Bertz CT molecular complexity index is 1760. The lowest BCUT2D eigenvalue weighted by Gasteiger charge is -2.54. The monoisotopic (exact) mass is 696 g/mol. The molecule has 11 heteroatoms. The molecule has 0 radical (unpaired) electrons. The minimum Gasteiger partial charge on any atom is -0.496 e. The van der Waals surface area contributed by atoms with Crippen LogP contribution in [0.15, 0.2) is 36.8 Å². The Morgan fingerprint density at radius 2 is 1.73 bits per heavy atom. The molecule has 2 aromatic heterocycles. The molecule has 272 valence electrons. The van der Waals surface area contributed by atoms with E-state index in [1.807, 2.05) is 12.4 Å². The van der Waals surface area contributed by atoms with Crippen LogP contribution >= 0.6 is 0 Å². The number of rotatable bonds is 9. The first kappa shape index (κ1) is 34.1. The average Bonchev–Trinajstić information content (AvgIpc) is 3.61. The first-order chi connectivity index (χ1) is 24.6. The van der Waals surface area contributed by atoms with Gasteiger partial charge in [-0.3, -0.25) is 14.8 Å². The number of amides is 2. The molecule has 0 atom stereocenters. The number of nitrogens with one attached hydrogen (secondary N) is 1. The molecule has 5 saturated carbocycles. The summed E-state index contributed by atoms with van der Waals surface area (Å²) in [7, 11) is 1.74. The molecule has 9 rings (SSSR count). The van der Waals surface area contributed by atoms with E-state index in [1.54, 1.807) is 7.11 Å². The number of likely N-dealkylation sites (tertiary alicyclic amines) is 1. The van der Waals surface area contributed by atoms with Gasteiger partial charge < -0.3 is 19.5 Å². The third kappa shape index (κ3) is 6.51. The topological polar surface area (TPSA) is 132 Å². The molecule has 11 nitrogen and oxygen atoms in total. The molecule has 1 aliphatic heterocycles. The van der Waals surface area contributed by atoms with Crippen molar-refractivity contribution < 1.29 is 24.2 Å². The predicted molar refractivity (Wildman–Crippen MR) is 192 cm³/mol. The Morgan fingerprint density at radius 3 is 2.35 bits per heavy atom. The van der Waals surface area contributed by atoms with Crippen molar-refractivity contribution in [2.75, 3.05) is 25.5 Å². The van der Waals surface area contributed by atoms with Crippen molar-refractivity contribution in [3.63, 3.8) is 0 Å². The number of carbonyl (C=O) groups is 2. The van der Waals surface area contributed by atoms with Crippen LogP contribution in [0.1, 0.15) is 107 Å². The number of aryl methyl sites for hydroxylation is 1. The van der Waals surface area contributed by atoms with Gasteiger partial charge in [0.25, 0.3) is 0 Å². The van der Waals surface area contributed by atoms with Gasteiger partial charge in [0.05, 0.1) is 43.7 Å². The van der Waals surface area contributed by atoms with E-state index in [1.165, 1.54) is 61.0 Å². The number of benzene rings is 1. The van der Waals surface area contributed by atoms with E-state index in [9.17, 15) is 14.7 Å². The van der Waals surface area contributed by atoms with Crippen LogP contribution in [0.25, 0.3) is 11.3 Å². The zero-order valence-electron chi connectivity index (χ0n) is 30.3. The second-order valence-electron chi connectivity index (χ2n) is 16.6. The summed E-state index contributed by atoms with van der Waals surface area (Å²) >= 11 is 0. The van der Waals surface area contributed by atoms with Gasteiger partial charge in [0, 0.05) is 23.9 Å². The number of aromatic nitrogens is 4. The molecule has 51 heavy (non-hydrogen) atoms. The summed E-state index contributed by atoms with van der Waals surface area (Å²) in [6.45, 7) is 5.06. The van der Waals surface area contributed by atoms with Crippen molar-refractivity contribution >= 4 is 17.9 Å². The molecule has 2 bridgehead atoms. The van der Waals surface area contributed by atoms with Crippen LogP contribution in [0.5, 0.6) is 5.75 Å². The summed E-state index contributed by atoms with van der Waals surface area (Å²) in [5, 5.41) is 17.3. The highest BCUT2D eigenvalue weighted by Crippen LogP contribution is 2.59. The zero-order chi connectivity index (χ0) is 35.4. The number of hydrogen-bond acceptors (Lipinski definition) is 8. The fourth-order valence-electron chi connectivity index (χ4n) is 9.55. The number of methoxy groups -OCH3 is 1. The summed E-state index contributed by atoms with van der Waals surface area (Å²) in [6, 6.07) is 6.76. The van der Waals surface area contributed by atoms with Gasteiger partial charge in [-0.1, -0.05) is 12.1 Å². The van der Waals surface area contributed by atoms with Crippen LogP contribution in [0.4, 0.5) is 10.7 Å². The SMILES string of the molecule is COc1ccc(C23CCC(Cc4cnc(NC(=O)C5CCC(OC(=O)N6CC(O)C6)CC5)nc4-c4cnn(C5(C)CCC5)c4)(CC2)CC3)cc1C. The van der Waals surface area contributed by atoms with E-state index < -0.39 is 6.10 Å². The molecular formula is C40H52N6O5. The Kier molecular flexibility index (Phi) is 8.83. The van der Waals surface area contributed by atoms with Crippen molar-refractivity contribution in [1.82, 2.24) is 24.6 Å². The van der Waals surface area contributed by atoms with E-state index in [4.69, 9.17) is 24.5 Å². The highest BCUT2D eigenvalue weighted by Gasteiger charge is 2.49. The van der Waals surface area contributed by atoms with Crippen molar-refractivity contribution in [3.8, 4) is 17.0 Å². The van der Waals surface area contributed by atoms with Crippen molar-refractivity contribution in [2.24, 2.45) is 11.3 Å². The standard InChI is InChI=1S/C40H52N6O5/c1-26-19-30(7-10-33(26)50-3)40-16-13-39(14-17-40,15-18-40)20-28-21-41-36(43-34(28)29-22-42-46(23-29)38(2)11-4-12-38)44-35(48)27-5-8-32(9-6-27)51-37(49)45-24-31(47)25-45/h7,10,19,21-23,27,31-32,47H,4-6,8-9,11-18,20,24-25H2,1-3H3,(H,41,43,44,48). The maximum atomic E-state index is 13.5. The molecule has 6 fully saturated rings. The van der Waals surface area contributed by atoms with Crippen molar-refractivity contribution in [1.29, 1.82) is 0 Å². The van der Waals surface area contributed by atoms with E-state index in [2.05, 4.69) is 48.2 Å². The fourth-order valence-corrected chi connectivity index (χ4v) is 9.55. The number of hydrogen-bond donors (Lipinski definition) is 2. The third-order valence-electron chi connectivity index (χ3n) is 13.3. The van der Waals surface area contributed by atoms with Gasteiger partial charge in [0.2, 0.25) is 11.9 Å².